The van der Waals surface area contributed by atoms with E-state index in [0.717, 1.165) is 0 Å². The maximum absolute atomic E-state index is 12.7. The van der Waals surface area contributed by atoms with Crippen LogP contribution in [0.4, 0.5) is 13.2 Å². The van der Waals surface area contributed by atoms with Gasteiger partial charge in [0.1, 0.15) is 5.75 Å². The van der Waals surface area contributed by atoms with Crippen LogP contribution < -0.4 is 0 Å². The van der Waals surface area contributed by atoms with Crippen LogP contribution >= 0.6 is 0 Å². The predicted molar refractivity (Wildman–Crippen MR) is 72.3 cm³/mol. The molecule has 124 valence electrons. The third kappa shape index (κ3) is 4.99. The molecule has 0 aliphatic heterocycles. The number of aryl methyl sites for hydroxylation is 2. The van der Waals surface area contributed by atoms with Crippen molar-refractivity contribution in [1.29, 1.82) is 0 Å². The maximum atomic E-state index is 12.7. The van der Waals surface area contributed by atoms with E-state index in [1.807, 2.05) is 0 Å². The van der Waals surface area contributed by atoms with Crippen LogP contribution in [0.15, 0.2) is 12.1 Å². The van der Waals surface area contributed by atoms with Crippen LogP contribution in [0.25, 0.3) is 0 Å². The van der Waals surface area contributed by atoms with Crippen molar-refractivity contribution in [1.82, 2.24) is 0 Å². The van der Waals surface area contributed by atoms with E-state index in [1.165, 1.54) is 13.0 Å². The van der Waals surface area contributed by atoms with Crippen molar-refractivity contribution in [3.63, 3.8) is 0 Å². The van der Waals surface area contributed by atoms with Gasteiger partial charge in [0.2, 0.25) is 6.10 Å². The van der Waals surface area contributed by atoms with Crippen molar-refractivity contribution >= 4 is 16.1 Å². The van der Waals surface area contributed by atoms with Gasteiger partial charge in [0.25, 0.3) is 10.1 Å². The Morgan fingerprint density at radius 2 is 1.82 bits per heavy atom. The first-order valence-corrected chi connectivity index (χ1v) is 7.73. The Hall–Kier alpha value is -1.61. The summed E-state index contributed by atoms with van der Waals surface area (Å²) in [5.41, 5.74) is 1.68. The zero-order valence-corrected chi connectivity index (χ0v) is 12.9. The highest BCUT2D eigenvalue weighted by atomic mass is 32.2. The first kappa shape index (κ1) is 18.4. The van der Waals surface area contributed by atoms with E-state index in [4.69, 9.17) is 4.55 Å². The van der Waals surface area contributed by atoms with Crippen molar-refractivity contribution in [2.45, 2.75) is 33.1 Å². The molecule has 22 heavy (non-hydrogen) atoms. The summed E-state index contributed by atoms with van der Waals surface area (Å²) >= 11 is 0. The summed E-state index contributed by atoms with van der Waals surface area (Å²) in [5, 5.41) is 0. The SMILES string of the molecule is Cc1cc(C)c(C)c(C(=O)OC(CS(=O)(=O)O)C(F)(F)F)c1. The van der Waals surface area contributed by atoms with Crippen LogP contribution in [-0.2, 0) is 14.9 Å². The predicted octanol–water partition coefficient (Wildman–Crippen LogP) is 2.59. The molecule has 0 spiro atoms. The van der Waals surface area contributed by atoms with Gasteiger partial charge in [-0.25, -0.2) is 4.79 Å². The van der Waals surface area contributed by atoms with Crippen LogP contribution in [0.3, 0.4) is 0 Å². The zero-order valence-electron chi connectivity index (χ0n) is 12.1. The van der Waals surface area contributed by atoms with Crippen molar-refractivity contribution < 1.29 is 35.7 Å². The van der Waals surface area contributed by atoms with Gasteiger partial charge in [-0.15, -0.1) is 0 Å². The molecule has 1 atom stereocenters. The number of hydrogen-bond donors (Lipinski definition) is 1. The minimum atomic E-state index is -5.11. The number of carbonyl (C=O) groups is 1. The average molecular weight is 340 g/mol. The summed E-state index contributed by atoms with van der Waals surface area (Å²) in [6, 6.07) is 3.09. The second-order valence-corrected chi connectivity index (χ2v) is 6.44. The molecule has 1 aromatic carbocycles. The molecule has 1 N–H and O–H groups in total. The lowest BCUT2D eigenvalue weighted by molar-refractivity contribution is -0.197. The summed E-state index contributed by atoms with van der Waals surface area (Å²) < 4.78 is 72.3. The van der Waals surface area contributed by atoms with Crippen LogP contribution in [0.1, 0.15) is 27.0 Å². The van der Waals surface area contributed by atoms with Gasteiger partial charge in [-0.05, 0) is 43.5 Å². The van der Waals surface area contributed by atoms with Crippen LogP contribution in [0, 0.1) is 20.8 Å². The lowest BCUT2D eigenvalue weighted by atomic mass is 10.0. The Bertz CT molecular complexity index is 680. The standard InChI is InChI=1S/C13H15F3O5S/c1-7-4-8(2)9(3)10(5-7)12(17)21-11(13(14,15)16)6-22(18,19)20/h4-5,11H,6H2,1-3H3,(H,18,19,20). The summed E-state index contributed by atoms with van der Waals surface area (Å²) in [7, 11) is -4.96. The number of esters is 1. The second kappa shape index (κ2) is 6.25. The lowest BCUT2D eigenvalue weighted by Gasteiger charge is -2.20. The van der Waals surface area contributed by atoms with Gasteiger partial charge in [-0.1, -0.05) is 6.07 Å². The molecular weight excluding hydrogens is 325 g/mol. The Labute approximate surface area is 125 Å². The highest BCUT2D eigenvalue weighted by Gasteiger charge is 2.45. The van der Waals surface area contributed by atoms with Crippen molar-refractivity contribution in [2.75, 3.05) is 5.75 Å². The second-order valence-electron chi connectivity index (χ2n) is 4.94. The fourth-order valence-electron chi connectivity index (χ4n) is 1.83. The van der Waals surface area contributed by atoms with Crippen molar-refractivity contribution in [3.8, 4) is 0 Å². The Kier molecular flexibility index (Phi) is 5.24. The number of carbonyl (C=O) groups excluding carboxylic acids is 1. The number of benzene rings is 1. The molecule has 0 saturated carbocycles. The van der Waals surface area contributed by atoms with Gasteiger partial charge in [-0.2, -0.15) is 21.6 Å². The van der Waals surface area contributed by atoms with Crippen molar-refractivity contribution in [2.24, 2.45) is 0 Å². The fourth-order valence-corrected chi connectivity index (χ4v) is 2.47. The summed E-state index contributed by atoms with van der Waals surface area (Å²) in [5.74, 6) is -3.04. The number of hydrogen-bond acceptors (Lipinski definition) is 4. The highest BCUT2D eigenvalue weighted by molar-refractivity contribution is 7.85. The highest BCUT2D eigenvalue weighted by Crippen LogP contribution is 2.26. The number of ether oxygens (including phenoxy) is 1. The molecule has 0 amide bonds. The monoisotopic (exact) mass is 340 g/mol. The quantitative estimate of drug-likeness (QED) is 0.673. The van der Waals surface area contributed by atoms with Gasteiger partial charge < -0.3 is 4.74 Å². The van der Waals surface area contributed by atoms with E-state index >= 15 is 0 Å². The largest absolute Gasteiger partial charge is 0.448 e. The Morgan fingerprint density at radius 1 is 1.27 bits per heavy atom. The maximum Gasteiger partial charge on any atom is 0.426 e. The molecule has 0 fully saturated rings. The molecule has 0 aromatic heterocycles. The molecule has 0 radical (unpaired) electrons. The topological polar surface area (TPSA) is 80.7 Å². The Balaban J connectivity index is 3.12. The zero-order chi connectivity index (χ0) is 17.3. The van der Waals surface area contributed by atoms with Gasteiger partial charge >= 0.3 is 12.1 Å². The van der Waals surface area contributed by atoms with E-state index in [1.54, 1.807) is 19.9 Å². The van der Waals surface area contributed by atoms with Crippen LogP contribution in [-0.4, -0.2) is 37.0 Å². The molecule has 0 saturated heterocycles. The molecule has 0 bridgehead atoms. The molecule has 1 unspecified atom stereocenters. The third-order valence-corrected chi connectivity index (χ3v) is 3.73. The first-order chi connectivity index (χ1) is 9.81. The summed E-state index contributed by atoms with van der Waals surface area (Å²) in [4.78, 5) is 11.9. The molecule has 1 aromatic rings. The van der Waals surface area contributed by atoms with Gasteiger partial charge in [0, 0.05) is 0 Å². The number of rotatable bonds is 4. The van der Waals surface area contributed by atoms with E-state index in [9.17, 15) is 26.4 Å². The fraction of sp³-hybridized carbons (Fsp3) is 0.462. The van der Waals surface area contributed by atoms with Gasteiger partial charge in [-0.3, -0.25) is 4.55 Å². The summed E-state index contributed by atoms with van der Waals surface area (Å²) in [6.45, 7) is 4.87. The van der Waals surface area contributed by atoms with Gasteiger partial charge in [0.15, 0.2) is 0 Å². The van der Waals surface area contributed by atoms with Gasteiger partial charge in [0.05, 0.1) is 5.56 Å². The average Bonchev–Trinajstić information content (AvgIpc) is 2.29. The lowest BCUT2D eigenvalue weighted by Crippen LogP contribution is -2.39. The molecule has 1 rings (SSSR count). The normalized spacial score (nSPS) is 13.8. The van der Waals surface area contributed by atoms with Crippen LogP contribution in [0.2, 0.25) is 0 Å². The molecule has 9 heteroatoms. The third-order valence-electron chi connectivity index (χ3n) is 3.01. The van der Waals surface area contributed by atoms with Crippen molar-refractivity contribution in [3.05, 3.63) is 34.4 Å². The molecular formula is C13H15F3O5S. The minimum Gasteiger partial charge on any atom is -0.448 e. The molecule has 0 aliphatic rings. The first-order valence-electron chi connectivity index (χ1n) is 6.12. The number of alkyl halides is 3. The molecule has 5 nitrogen and oxygen atoms in total. The van der Waals surface area contributed by atoms with E-state index < -0.39 is 34.1 Å². The summed E-state index contributed by atoms with van der Waals surface area (Å²) in [6.07, 6.45) is -8.05. The van der Waals surface area contributed by atoms with Crippen LogP contribution in [0.5, 0.6) is 0 Å². The number of halogens is 3. The van der Waals surface area contributed by atoms with E-state index in [2.05, 4.69) is 4.74 Å². The molecule has 0 aliphatic carbocycles. The smallest absolute Gasteiger partial charge is 0.426 e. The minimum absolute atomic E-state index is 0.0814. The van der Waals surface area contributed by atoms with E-state index in [0.29, 0.717) is 16.7 Å². The van der Waals surface area contributed by atoms with E-state index in [-0.39, 0.29) is 5.56 Å². The Morgan fingerprint density at radius 3 is 2.27 bits per heavy atom. The molecule has 0 heterocycles.